The maximum atomic E-state index is 13.6. The van der Waals surface area contributed by atoms with Crippen LogP contribution in [-0.2, 0) is 0 Å². The first-order chi connectivity index (χ1) is 6.74. The molecule has 72 valence electrons. The van der Waals surface area contributed by atoms with Crippen molar-refractivity contribution in [2.75, 3.05) is 5.43 Å². The standard InChI is InChI=1S/C9H7BrFN3/c10-7-2-1-6-5(8(7)11)3-4-13-9(6)14-12/h1-4H,12H2,(H,13,14). The molecule has 1 aromatic heterocycles. The molecule has 0 bridgehead atoms. The molecule has 0 saturated carbocycles. The number of nitrogen functional groups attached to an aromatic ring is 1. The Balaban J connectivity index is 2.86. The summed E-state index contributed by atoms with van der Waals surface area (Å²) >= 11 is 3.12. The first-order valence-corrected chi connectivity index (χ1v) is 4.72. The van der Waals surface area contributed by atoms with Gasteiger partial charge in [0.2, 0.25) is 0 Å². The Morgan fingerprint density at radius 3 is 2.79 bits per heavy atom. The predicted octanol–water partition coefficient (Wildman–Crippen LogP) is 2.42. The average Bonchev–Trinajstić information content (AvgIpc) is 2.23. The molecule has 0 aliphatic carbocycles. The summed E-state index contributed by atoms with van der Waals surface area (Å²) in [5.41, 5.74) is 2.42. The molecular weight excluding hydrogens is 249 g/mol. The zero-order valence-corrected chi connectivity index (χ0v) is 8.68. The summed E-state index contributed by atoms with van der Waals surface area (Å²) in [5, 5.41) is 1.15. The highest BCUT2D eigenvalue weighted by Gasteiger charge is 2.07. The molecule has 0 aliphatic rings. The zero-order valence-electron chi connectivity index (χ0n) is 7.09. The van der Waals surface area contributed by atoms with E-state index in [1.54, 1.807) is 18.2 Å². The van der Waals surface area contributed by atoms with Crippen molar-refractivity contribution < 1.29 is 4.39 Å². The molecule has 0 amide bonds. The Bertz CT molecular complexity index is 487. The molecule has 0 aliphatic heterocycles. The number of halogens is 2. The molecule has 0 spiro atoms. The third-order valence-corrected chi connectivity index (χ3v) is 2.58. The second-order valence-corrected chi connectivity index (χ2v) is 3.61. The number of fused-ring (bicyclic) bond motifs is 1. The van der Waals surface area contributed by atoms with Crippen LogP contribution in [0.4, 0.5) is 10.2 Å². The van der Waals surface area contributed by atoms with E-state index in [9.17, 15) is 4.39 Å². The van der Waals surface area contributed by atoms with Crippen LogP contribution in [0.2, 0.25) is 0 Å². The number of hydrogen-bond acceptors (Lipinski definition) is 3. The van der Waals surface area contributed by atoms with Crippen LogP contribution in [0.1, 0.15) is 0 Å². The van der Waals surface area contributed by atoms with E-state index in [4.69, 9.17) is 5.84 Å². The summed E-state index contributed by atoms with van der Waals surface area (Å²) in [5.74, 6) is 5.42. The molecule has 14 heavy (non-hydrogen) atoms. The van der Waals surface area contributed by atoms with Gasteiger partial charge in [0, 0.05) is 17.0 Å². The van der Waals surface area contributed by atoms with Crippen LogP contribution in [0, 0.1) is 5.82 Å². The number of rotatable bonds is 1. The van der Waals surface area contributed by atoms with Gasteiger partial charge in [-0.25, -0.2) is 15.2 Å². The quantitative estimate of drug-likeness (QED) is 0.608. The fourth-order valence-electron chi connectivity index (χ4n) is 1.31. The highest BCUT2D eigenvalue weighted by atomic mass is 79.9. The van der Waals surface area contributed by atoms with Gasteiger partial charge in [-0.1, -0.05) is 0 Å². The number of hydrazine groups is 1. The Labute approximate surface area is 88.2 Å². The van der Waals surface area contributed by atoms with E-state index in [-0.39, 0.29) is 5.82 Å². The summed E-state index contributed by atoms with van der Waals surface area (Å²) in [6.45, 7) is 0. The topological polar surface area (TPSA) is 50.9 Å². The maximum Gasteiger partial charge on any atom is 0.147 e. The molecule has 0 saturated heterocycles. The van der Waals surface area contributed by atoms with Gasteiger partial charge in [-0.15, -0.1) is 0 Å². The third kappa shape index (κ3) is 1.34. The van der Waals surface area contributed by atoms with Gasteiger partial charge in [-0.2, -0.15) is 0 Å². The second-order valence-electron chi connectivity index (χ2n) is 2.76. The van der Waals surface area contributed by atoms with E-state index < -0.39 is 0 Å². The zero-order chi connectivity index (χ0) is 10.1. The number of pyridine rings is 1. The number of nitrogens with one attached hydrogen (secondary N) is 1. The fraction of sp³-hybridized carbons (Fsp3) is 0. The number of benzene rings is 1. The van der Waals surface area contributed by atoms with Crippen molar-refractivity contribution in [3.63, 3.8) is 0 Å². The summed E-state index contributed by atoms with van der Waals surface area (Å²) in [6.07, 6.45) is 1.51. The molecule has 0 radical (unpaired) electrons. The number of anilines is 1. The van der Waals surface area contributed by atoms with Crippen molar-refractivity contribution in [3.8, 4) is 0 Å². The highest BCUT2D eigenvalue weighted by Crippen LogP contribution is 2.27. The Hall–Kier alpha value is -1.20. The van der Waals surface area contributed by atoms with Gasteiger partial charge in [0.1, 0.15) is 11.6 Å². The van der Waals surface area contributed by atoms with E-state index in [1.807, 2.05) is 0 Å². The molecule has 1 heterocycles. The summed E-state index contributed by atoms with van der Waals surface area (Å²) < 4.78 is 14.0. The van der Waals surface area contributed by atoms with E-state index in [1.165, 1.54) is 6.20 Å². The minimum absolute atomic E-state index is 0.304. The normalized spacial score (nSPS) is 10.5. The summed E-state index contributed by atoms with van der Waals surface area (Å²) in [6, 6.07) is 4.99. The van der Waals surface area contributed by atoms with Crippen LogP contribution in [0.5, 0.6) is 0 Å². The van der Waals surface area contributed by atoms with E-state index >= 15 is 0 Å². The van der Waals surface area contributed by atoms with Gasteiger partial charge in [0.05, 0.1) is 4.47 Å². The van der Waals surface area contributed by atoms with Crippen LogP contribution in [-0.4, -0.2) is 4.98 Å². The lowest BCUT2D eigenvalue weighted by atomic mass is 10.1. The summed E-state index contributed by atoms with van der Waals surface area (Å²) in [4.78, 5) is 3.98. The third-order valence-electron chi connectivity index (χ3n) is 1.97. The minimum atomic E-state index is -0.304. The van der Waals surface area contributed by atoms with Crippen LogP contribution < -0.4 is 11.3 Å². The lowest BCUT2D eigenvalue weighted by molar-refractivity contribution is 0.633. The SMILES string of the molecule is NNc1nccc2c(F)c(Br)ccc12. The Morgan fingerprint density at radius 1 is 1.29 bits per heavy atom. The first-order valence-electron chi connectivity index (χ1n) is 3.93. The maximum absolute atomic E-state index is 13.6. The molecule has 0 fully saturated rings. The van der Waals surface area contributed by atoms with E-state index in [0.29, 0.717) is 21.1 Å². The lowest BCUT2D eigenvalue weighted by Crippen LogP contribution is -2.08. The molecule has 3 N–H and O–H groups in total. The Morgan fingerprint density at radius 2 is 2.07 bits per heavy atom. The number of hydrogen-bond donors (Lipinski definition) is 2. The monoisotopic (exact) mass is 255 g/mol. The molecule has 2 rings (SSSR count). The number of nitrogens with zero attached hydrogens (tertiary/aromatic N) is 1. The van der Waals surface area contributed by atoms with Gasteiger partial charge in [0.25, 0.3) is 0 Å². The molecule has 1 aromatic carbocycles. The average molecular weight is 256 g/mol. The minimum Gasteiger partial charge on any atom is -0.308 e. The molecule has 0 unspecified atom stereocenters. The van der Waals surface area contributed by atoms with Gasteiger partial charge in [-0.3, -0.25) is 0 Å². The van der Waals surface area contributed by atoms with E-state index in [2.05, 4.69) is 26.3 Å². The van der Waals surface area contributed by atoms with Gasteiger partial charge in [0.15, 0.2) is 0 Å². The van der Waals surface area contributed by atoms with Crippen LogP contribution in [0.3, 0.4) is 0 Å². The fourth-order valence-corrected chi connectivity index (χ4v) is 1.65. The molecule has 0 atom stereocenters. The summed E-state index contributed by atoms with van der Waals surface area (Å²) in [7, 11) is 0. The largest absolute Gasteiger partial charge is 0.308 e. The van der Waals surface area contributed by atoms with Crippen LogP contribution >= 0.6 is 15.9 Å². The van der Waals surface area contributed by atoms with Crippen LogP contribution in [0.25, 0.3) is 10.8 Å². The highest BCUT2D eigenvalue weighted by molar-refractivity contribution is 9.10. The van der Waals surface area contributed by atoms with Crippen molar-refractivity contribution in [1.82, 2.24) is 4.98 Å². The van der Waals surface area contributed by atoms with Crippen molar-refractivity contribution in [2.45, 2.75) is 0 Å². The smallest absolute Gasteiger partial charge is 0.147 e. The van der Waals surface area contributed by atoms with Crippen molar-refractivity contribution in [1.29, 1.82) is 0 Å². The predicted molar refractivity (Wildman–Crippen MR) is 57.2 cm³/mol. The molecular formula is C9H7BrFN3. The molecule has 5 heteroatoms. The van der Waals surface area contributed by atoms with Gasteiger partial charge < -0.3 is 5.43 Å². The van der Waals surface area contributed by atoms with Crippen molar-refractivity contribution in [2.24, 2.45) is 5.84 Å². The molecule has 3 nitrogen and oxygen atoms in total. The molecule has 2 aromatic rings. The van der Waals surface area contributed by atoms with E-state index in [0.717, 1.165) is 0 Å². The number of aromatic nitrogens is 1. The second kappa shape index (κ2) is 3.51. The van der Waals surface area contributed by atoms with Crippen LogP contribution in [0.15, 0.2) is 28.9 Å². The first kappa shape index (κ1) is 9.36. The van der Waals surface area contributed by atoms with Crippen molar-refractivity contribution >= 4 is 32.5 Å². The van der Waals surface area contributed by atoms with Gasteiger partial charge >= 0.3 is 0 Å². The van der Waals surface area contributed by atoms with Gasteiger partial charge in [-0.05, 0) is 34.1 Å². The number of nitrogens with two attached hydrogens (primary N) is 1. The van der Waals surface area contributed by atoms with Crippen molar-refractivity contribution in [3.05, 3.63) is 34.7 Å². The Kier molecular flexibility index (Phi) is 2.35. The lowest BCUT2D eigenvalue weighted by Gasteiger charge is -2.05.